The lowest BCUT2D eigenvalue weighted by molar-refractivity contribution is -0.117. The molecule has 1 fully saturated rings. The third kappa shape index (κ3) is 5.37. The smallest absolute Gasteiger partial charge is 0.240 e. The first kappa shape index (κ1) is 19.0. The topological polar surface area (TPSA) is 91.6 Å². The number of carbonyl (C=O) groups excluding carboxylic acids is 2. The first-order valence-corrected chi connectivity index (χ1v) is 10.2. The Hall–Kier alpha value is -1.75. The average molecular weight is 396 g/mol. The van der Waals surface area contributed by atoms with Gasteiger partial charge in [0.15, 0.2) is 10.1 Å². The zero-order valence-electron chi connectivity index (χ0n) is 14.5. The SMILES string of the molecule is CCSc1nnc(NC(=O)CN2CCN(CC(=O)c3ccco3)CC2)s1. The number of ketones is 1. The van der Waals surface area contributed by atoms with Gasteiger partial charge in [0.2, 0.25) is 16.8 Å². The molecule has 0 aliphatic carbocycles. The van der Waals surface area contributed by atoms with E-state index in [4.69, 9.17) is 4.42 Å². The highest BCUT2D eigenvalue weighted by Crippen LogP contribution is 2.24. The third-order valence-corrected chi connectivity index (χ3v) is 5.77. The van der Waals surface area contributed by atoms with Crippen LogP contribution in [0.4, 0.5) is 5.13 Å². The number of hydrogen-bond donors (Lipinski definition) is 1. The number of thioether (sulfide) groups is 1. The minimum absolute atomic E-state index is 0.0155. The Morgan fingerprint density at radius 3 is 2.62 bits per heavy atom. The molecule has 1 saturated heterocycles. The van der Waals surface area contributed by atoms with Crippen LogP contribution in [0.3, 0.4) is 0 Å². The fraction of sp³-hybridized carbons (Fsp3) is 0.500. The fourth-order valence-electron chi connectivity index (χ4n) is 2.63. The Morgan fingerprint density at radius 1 is 1.23 bits per heavy atom. The number of Topliss-reactive ketones (excluding diaryl/α,β-unsaturated/α-hetero) is 1. The summed E-state index contributed by atoms with van der Waals surface area (Å²) in [6, 6.07) is 3.40. The number of rotatable bonds is 8. The summed E-state index contributed by atoms with van der Waals surface area (Å²) in [6.07, 6.45) is 1.51. The van der Waals surface area contributed by atoms with Crippen LogP contribution >= 0.6 is 23.1 Å². The molecule has 3 heterocycles. The van der Waals surface area contributed by atoms with Gasteiger partial charge in [-0.25, -0.2) is 0 Å². The summed E-state index contributed by atoms with van der Waals surface area (Å²) in [6.45, 7) is 5.68. The van der Waals surface area contributed by atoms with E-state index in [0.717, 1.165) is 36.3 Å². The standard InChI is InChI=1S/C16H21N5O3S2/c1-2-25-16-19-18-15(26-16)17-14(23)11-21-7-5-20(6-8-21)10-12(22)13-4-3-9-24-13/h3-4,9H,2,5-8,10-11H2,1H3,(H,17,18,23). The van der Waals surface area contributed by atoms with Gasteiger partial charge in [-0.1, -0.05) is 30.0 Å². The molecular formula is C16H21N5O3S2. The lowest BCUT2D eigenvalue weighted by atomic mass is 10.2. The van der Waals surface area contributed by atoms with Crippen LogP contribution < -0.4 is 5.32 Å². The second-order valence-electron chi connectivity index (χ2n) is 5.81. The molecule has 0 spiro atoms. The number of nitrogens with one attached hydrogen (secondary N) is 1. The summed E-state index contributed by atoms with van der Waals surface area (Å²) >= 11 is 3.00. The number of furan rings is 1. The van der Waals surface area contributed by atoms with Gasteiger partial charge in [-0.15, -0.1) is 10.2 Å². The number of aromatic nitrogens is 2. The lowest BCUT2D eigenvalue weighted by Crippen LogP contribution is -2.49. The van der Waals surface area contributed by atoms with Crippen LogP contribution in [0.2, 0.25) is 0 Å². The van der Waals surface area contributed by atoms with Crippen LogP contribution in [0.5, 0.6) is 0 Å². The van der Waals surface area contributed by atoms with E-state index in [9.17, 15) is 9.59 Å². The highest BCUT2D eigenvalue weighted by molar-refractivity contribution is 8.01. The fourth-order valence-corrected chi connectivity index (χ4v) is 4.29. The van der Waals surface area contributed by atoms with Crippen molar-refractivity contribution < 1.29 is 14.0 Å². The van der Waals surface area contributed by atoms with Crippen LogP contribution in [0.25, 0.3) is 0 Å². The number of hydrogen-bond acceptors (Lipinski definition) is 9. The molecule has 10 heteroatoms. The molecular weight excluding hydrogens is 374 g/mol. The van der Waals surface area contributed by atoms with E-state index in [0.29, 0.717) is 24.0 Å². The van der Waals surface area contributed by atoms with Crippen molar-refractivity contribution in [3.05, 3.63) is 24.2 Å². The van der Waals surface area contributed by atoms with Gasteiger partial charge in [-0.3, -0.25) is 24.7 Å². The monoisotopic (exact) mass is 395 g/mol. The quantitative estimate of drug-likeness (QED) is 0.410. The Bertz CT molecular complexity index is 726. The predicted octanol–water partition coefficient (Wildman–Crippen LogP) is 1.68. The summed E-state index contributed by atoms with van der Waals surface area (Å²) in [5.74, 6) is 1.21. The van der Waals surface area contributed by atoms with Crippen molar-refractivity contribution in [1.29, 1.82) is 0 Å². The van der Waals surface area contributed by atoms with E-state index < -0.39 is 0 Å². The van der Waals surface area contributed by atoms with Crippen molar-refractivity contribution in [2.45, 2.75) is 11.3 Å². The Labute approximate surface area is 159 Å². The van der Waals surface area contributed by atoms with Crippen LogP contribution in [0.1, 0.15) is 17.5 Å². The molecule has 2 aromatic heterocycles. The number of carbonyl (C=O) groups is 2. The molecule has 26 heavy (non-hydrogen) atoms. The van der Waals surface area contributed by atoms with Crippen molar-refractivity contribution in [3.8, 4) is 0 Å². The van der Waals surface area contributed by atoms with E-state index >= 15 is 0 Å². The van der Waals surface area contributed by atoms with Crippen molar-refractivity contribution in [3.63, 3.8) is 0 Å². The molecule has 8 nitrogen and oxygen atoms in total. The van der Waals surface area contributed by atoms with Gasteiger partial charge >= 0.3 is 0 Å². The Kier molecular flexibility index (Phi) is 6.78. The van der Waals surface area contributed by atoms with Crippen molar-refractivity contribution >= 4 is 39.9 Å². The van der Waals surface area contributed by atoms with Crippen molar-refractivity contribution in [1.82, 2.24) is 20.0 Å². The molecule has 0 atom stereocenters. The molecule has 0 radical (unpaired) electrons. The van der Waals surface area contributed by atoms with Crippen molar-refractivity contribution in [2.75, 3.05) is 50.3 Å². The summed E-state index contributed by atoms with van der Waals surface area (Å²) in [4.78, 5) is 28.4. The van der Waals surface area contributed by atoms with Crippen molar-refractivity contribution in [2.24, 2.45) is 0 Å². The van der Waals surface area contributed by atoms with Crippen LogP contribution in [0.15, 0.2) is 27.2 Å². The molecule has 0 aromatic carbocycles. The van der Waals surface area contributed by atoms with Gasteiger partial charge in [0.1, 0.15) is 0 Å². The molecule has 1 aliphatic rings. The molecule has 3 rings (SSSR count). The molecule has 140 valence electrons. The maximum Gasteiger partial charge on any atom is 0.240 e. The molecule has 0 bridgehead atoms. The van der Waals surface area contributed by atoms with Gasteiger partial charge in [0, 0.05) is 26.2 Å². The number of nitrogens with zero attached hydrogens (tertiary/aromatic N) is 4. The summed E-state index contributed by atoms with van der Waals surface area (Å²) in [7, 11) is 0. The number of piperazine rings is 1. The number of amides is 1. The highest BCUT2D eigenvalue weighted by Gasteiger charge is 2.22. The van der Waals surface area contributed by atoms with Crippen LogP contribution in [-0.2, 0) is 4.79 Å². The van der Waals surface area contributed by atoms with Gasteiger partial charge in [0.25, 0.3) is 0 Å². The van der Waals surface area contributed by atoms with Gasteiger partial charge in [-0.2, -0.15) is 0 Å². The van der Waals surface area contributed by atoms with E-state index in [2.05, 4.69) is 25.3 Å². The first-order chi connectivity index (χ1) is 12.6. The molecule has 1 amide bonds. The second-order valence-corrected chi connectivity index (χ2v) is 8.30. The molecule has 2 aromatic rings. The minimum Gasteiger partial charge on any atom is -0.461 e. The average Bonchev–Trinajstić information content (AvgIpc) is 3.29. The van der Waals surface area contributed by atoms with Gasteiger partial charge in [0.05, 0.1) is 19.4 Å². The lowest BCUT2D eigenvalue weighted by Gasteiger charge is -2.33. The Balaban J connectivity index is 1.39. The predicted molar refractivity (Wildman–Crippen MR) is 101 cm³/mol. The van der Waals surface area contributed by atoms with E-state index in [1.807, 2.05) is 6.92 Å². The normalized spacial score (nSPS) is 15.9. The zero-order valence-corrected chi connectivity index (χ0v) is 16.1. The third-order valence-electron chi connectivity index (χ3n) is 3.92. The number of anilines is 1. The van der Waals surface area contributed by atoms with Crippen LogP contribution in [-0.4, -0.2) is 76.7 Å². The molecule has 1 aliphatic heterocycles. The Morgan fingerprint density at radius 2 is 1.96 bits per heavy atom. The second kappa shape index (κ2) is 9.26. The van der Waals surface area contributed by atoms with E-state index in [1.54, 1.807) is 23.9 Å². The maximum absolute atomic E-state index is 12.2. The zero-order chi connectivity index (χ0) is 18.4. The largest absolute Gasteiger partial charge is 0.461 e. The summed E-state index contributed by atoms with van der Waals surface area (Å²) in [5.41, 5.74) is 0. The van der Waals surface area contributed by atoms with E-state index in [-0.39, 0.29) is 11.7 Å². The van der Waals surface area contributed by atoms with Crippen LogP contribution in [0, 0.1) is 0 Å². The summed E-state index contributed by atoms with van der Waals surface area (Å²) < 4.78 is 5.99. The van der Waals surface area contributed by atoms with Gasteiger partial charge in [-0.05, 0) is 17.9 Å². The molecule has 0 unspecified atom stereocenters. The minimum atomic E-state index is -0.0886. The molecule has 0 saturated carbocycles. The summed E-state index contributed by atoms with van der Waals surface area (Å²) in [5, 5.41) is 11.3. The first-order valence-electron chi connectivity index (χ1n) is 8.41. The maximum atomic E-state index is 12.2. The highest BCUT2D eigenvalue weighted by atomic mass is 32.2. The molecule has 1 N–H and O–H groups in total. The van der Waals surface area contributed by atoms with E-state index in [1.165, 1.54) is 17.6 Å². The van der Waals surface area contributed by atoms with Gasteiger partial charge < -0.3 is 4.42 Å².